The van der Waals surface area contributed by atoms with Crippen molar-refractivity contribution in [2.24, 2.45) is 0 Å². The molecule has 0 aromatic heterocycles. The van der Waals surface area contributed by atoms with E-state index >= 15 is 0 Å². The maximum Gasteiger partial charge on any atom is 0.416 e. The molecule has 8 nitrogen and oxygen atoms in total. The number of sulfonamides is 1. The minimum Gasteiger partial charge on any atom is -0.465 e. The maximum absolute atomic E-state index is 13.0. The number of benzene rings is 2. The second-order valence-electron chi connectivity index (χ2n) is 5.62. The van der Waals surface area contributed by atoms with Crippen LogP contribution in [0.15, 0.2) is 53.4 Å². The average molecular weight is 432 g/mol. The standard InChI is InChI=1S/C17H15F3N2O6S/c1-2-28-16(23)11-21(13-8-6-12(7-9-13)17(18,19)20)29(26,27)15-5-3-4-14(10-15)22(24)25/h3-10H,2,11H2,1H3. The van der Waals surface area contributed by atoms with Gasteiger partial charge >= 0.3 is 12.1 Å². The Hall–Kier alpha value is -3.15. The molecule has 156 valence electrons. The summed E-state index contributed by atoms with van der Waals surface area (Å²) in [4.78, 5) is 21.5. The molecule has 2 aromatic carbocycles. The summed E-state index contributed by atoms with van der Waals surface area (Å²) in [5, 5.41) is 10.9. The number of esters is 1. The second-order valence-corrected chi connectivity index (χ2v) is 7.48. The third kappa shape index (κ3) is 5.22. The molecule has 0 radical (unpaired) electrons. The highest BCUT2D eigenvalue weighted by molar-refractivity contribution is 7.92. The van der Waals surface area contributed by atoms with E-state index in [1.54, 1.807) is 0 Å². The van der Waals surface area contributed by atoms with Gasteiger partial charge in [0.05, 0.1) is 27.7 Å². The van der Waals surface area contributed by atoms with Gasteiger partial charge in [-0.15, -0.1) is 0 Å². The van der Waals surface area contributed by atoms with Gasteiger partial charge in [0.2, 0.25) is 0 Å². The maximum atomic E-state index is 13.0. The van der Waals surface area contributed by atoms with Crippen molar-refractivity contribution in [1.29, 1.82) is 0 Å². The van der Waals surface area contributed by atoms with E-state index < -0.39 is 49.8 Å². The lowest BCUT2D eigenvalue weighted by Gasteiger charge is -2.24. The number of nitro groups is 1. The molecule has 0 saturated carbocycles. The quantitative estimate of drug-likeness (QED) is 0.377. The van der Waals surface area contributed by atoms with Gasteiger partial charge in [-0.05, 0) is 37.3 Å². The van der Waals surface area contributed by atoms with Crippen molar-refractivity contribution >= 4 is 27.4 Å². The molecule has 0 amide bonds. The summed E-state index contributed by atoms with van der Waals surface area (Å²) in [5.74, 6) is -0.943. The van der Waals surface area contributed by atoms with Crippen LogP contribution in [0.3, 0.4) is 0 Å². The van der Waals surface area contributed by atoms with Crippen molar-refractivity contribution in [1.82, 2.24) is 0 Å². The van der Waals surface area contributed by atoms with Crippen LogP contribution >= 0.6 is 0 Å². The number of hydrogen-bond acceptors (Lipinski definition) is 6. The highest BCUT2D eigenvalue weighted by atomic mass is 32.2. The summed E-state index contributed by atoms with van der Waals surface area (Å²) in [6.07, 6.45) is -4.64. The zero-order chi connectivity index (χ0) is 21.8. The first-order valence-corrected chi connectivity index (χ1v) is 9.51. The third-order valence-corrected chi connectivity index (χ3v) is 5.45. The fourth-order valence-corrected chi connectivity index (χ4v) is 3.79. The van der Waals surface area contributed by atoms with Gasteiger partial charge in [-0.3, -0.25) is 19.2 Å². The molecule has 0 fully saturated rings. The smallest absolute Gasteiger partial charge is 0.416 e. The van der Waals surface area contributed by atoms with Crippen LogP contribution in [0.5, 0.6) is 0 Å². The summed E-state index contributed by atoms with van der Waals surface area (Å²) in [6.45, 7) is 0.621. The number of alkyl halides is 3. The van der Waals surface area contributed by atoms with Gasteiger partial charge in [0.1, 0.15) is 6.54 Å². The van der Waals surface area contributed by atoms with E-state index in [2.05, 4.69) is 0 Å². The summed E-state index contributed by atoms with van der Waals surface area (Å²) in [5.41, 5.74) is -1.75. The van der Waals surface area contributed by atoms with Gasteiger partial charge in [0.15, 0.2) is 0 Å². The van der Waals surface area contributed by atoms with E-state index in [1.165, 1.54) is 6.92 Å². The number of carbonyl (C=O) groups is 1. The van der Waals surface area contributed by atoms with Crippen molar-refractivity contribution in [2.75, 3.05) is 17.5 Å². The van der Waals surface area contributed by atoms with Crippen molar-refractivity contribution in [3.63, 3.8) is 0 Å². The van der Waals surface area contributed by atoms with Gasteiger partial charge in [0, 0.05) is 12.1 Å². The molecule has 0 N–H and O–H groups in total. The van der Waals surface area contributed by atoms with Crippen LogP contribution in [0.2, 0.25) is 0 Å². The molecule has 0 bridgehead atoms. The molecule has 0 unspecified atom stereocenters. The van der Waals surface area contributed by atoms with E-state index in [0.717, 1.165) is 36.4 Å². The van der Waals surface area contributed by atoms with Crippen molar-refractivity contribution in [3.05, 3.63) is 64.2 Å². The lowest BCUT2D eigenvalue weighted by molar-refractivity contribution is -0.385. The number of halogens is 3. The largest absolute Gasteiger partial charge is 0.465 e. The Balaban J connectivity index is 2.53. The Kier molecular flexibility index (Phi) is 6.47. The summed E-state index contributed by atoms with van der Waals surface area (Å²) < 4.78 is 69.6. The van der Waals surface area contributed by atoms with E-state index in [1.807, 2.05) is 0 Å². The molecule has 29 heavy (non-hydrogen) atoms. The van der Waals surface area contributed by atoms with Gasteiger partial charge in [-0.2, -0.15) is 13.2 Å². The van der Waals surface area contributed by atoms with Crippen LogP contribution in [0.4, 0.5) is 24.5 Å². The predicted molar refractivity (Wildman–Crippen MR) is 95.7 cm³/mol. The first-order valence-electron chi connectivity index (χ1n) is 8.07. The average Bonchev–Trinajstić information content (AvgIpc) is 2.65. The van der Waals surface area contributed by atoms with Gasteiger partial charge in [-0.1, -0.05) is 6.07 Å². The van der Waals surface area contributed by atoms with Crippen LogP contribution in [-0.4, -0.2) is 32.5 Å². The highest BCUT2D eigenvalue weighted by Crippen LogP contribution is 2.32. The van der Waals surface area contributed by atoms with Crippen molar-refractivity contribution < 1.29 is 36.0 Å². The fraction of sp³-hybridized carbons (Fsp3) is 0.235. The predicted octanol–water partition coefficient (Wildman–Crippen LogP) is 3.37. The fourth-order valence-electron chi connectivity index (χ4n) is 2.34. The Bertz CT molecular complexity index is 1010. The number of nitro benzene ring substituents is 1. The zero-order valence-corrected chi connectivity index (χ0v) is 15.7. The van der Waals surface area contributed by atoms with Gasteiger partial charge < -0.3 is 4.74 Å². The number of nitrogens with zero attached hydrogens (tertiary/aromatic N) is 2. The number of ether oxygens (including phenoxy) is 1. The molecule has 12 heteroatoms. The Morgan fingerprint density at radius 2 is 1.79 bits per heavy atom. The molecule has 0 saturated heterocycles. The van der Waals surface area contributed by atoms with E-state index in [9.17, 15) is 36.5 Å². The minimum absolute atomic E-state index is 0.0451. The van der Waals surface area contributed by atoms with Crippen LogP contribution in [0.25, 0.3) is 0 Å². The summed E-state index contributed by atoms with van der Waals surface area (Å²) >= 11 is 0. The molecular formula is C17H15F3N2O6S. The number of carbonyl (C=O) groups excluding carboxylic acids is 1. The van der Waals surface area contributed by atoms with Crippen molar-refractivity contribution in [2.45, 2.75) is 18.0 Å². The van der Waals surface area contributed by atoms with Crippen LogP contribution in [0, 0.1) is 10.1 Å². The molecule has 0 spiro atoms. The molecule has 0 aliphatic rings. The molecule has 0 aliphatic carbocycles. The van der Waals surface area contributed by atoms with E-state index in [0.29, 0.717) is 16.4 Å². The van der Waals surface area contributed by atoms with Gasteiger partial charge in [0.25, 0.3) is 15.7 Å². The zero-order valence-electron chi connectivity index (χ0n) is 14.9. The van der Waals surface area contributed by atoms with E-state index in [4.69, 9.17) is 4.74 Å². The Labute approximate surface area is 163 Å². The van der Waals surface area contributed by atoms with Crippen LogP contribution < -0.4 is 4.31 Å². The van der Waals surface area contributed by atoms with Gasteiger partial charge in [-0.25, -0.2) is 8.42 Å². The van der Waals surface area contributed by atoms with Crippen LogP contribution in [0.1, 0.15) is 12.5 Å². The normalized spacial score (nSPS) is 11.7. The molecular weight excluding hydrogens is 417 g/mol. The SMILES string of the molecule is CCOC(=O)CN(c1ccc(C(F)(F)F)cc1)S(=O)(=O)c1cccc([N+](=O)[O-])c1. The molecule has 0 atom stereocenters. The Morgan fingerprint density at radius 1 is 1.17 bits per heavy atom. The monoisotopic (exact) mass is 432 g/mol. The minimum atomic E-state index is -4.64. The van der Waals surface area contributed by atoms with Crippen LogP contribution in [-0.2, 0) is 25.7 Å². The van der Waals surface area contributed by atoms with E-state index in [-0.39, 0.29) is 12.3 Å². The number of non-ortho nitro benzene ring substituents is 1. The molecule has 0 aliphatic heterocycles. The lowest BCUT2D eigenvalue weighted by atomic mass is 10.2. The third-order valence-electron chi connectivity index (χ3n) is 3.68. The first kappa shape index (κ1) is 22.1. The van der Waals surface area contributed by atoms with Crippen molar-refractivity contribution in [3.8, 4) is 0 Å². The molecule has 0 heterocycles. The molecule has 2 rings (SSSR count). The molecule has 2 aromatic rings. The second kappa shape index (κ2) is 8.47. The highest BCUT2D eigenvalue weighted by Gasteiger charge is 2.32. The Morgan fingerprint density at radius 3 is 2.31 bits per heavy atom. The number of anilines is 1. The topological polar surface area (TPSA) is 107 Å². The lowest BCUT2D eigenvalue weighted by Crippen LogP contribution is -2.36. The number of hydrogen-bond donors (Lipinski definition) is 0. The summed E-state index contributed by atoms with van der Waals surface area (Å²) in [7, 11) is -4.53. The number of rotatable bonds is 7. The first-order chi connectivity index (χ1) is 13.5. The summed E-state index contributed by atoms with van der Waals surface area (Å²) in [6, 6.07) is 7.18.